The molecule has 0 heterocycles. The average Bonchev–Trinajstić information content (AvgIpc) is 2.33. The van der Waals surface area contributed by atoms with Gasteiger partial charge in [-0.2, -0.15) is 0 Å². The minimum atomic E-state index is -0.474. The highest BCUT2D eigenvalue weighted by atomic mass is 16.3. The van der Waals surface area contributed by atoms with Crippen LogP contribution < -0.4 is 5.73 Å². The lowest BCUT2D eigenvalue weighted by Crippen LogP contribution is -2.02. The lowest BCUT2D eigenvalue weighted by Gasteiger charge is -2.11. The van der Waals surface area contributed by atoms with Crippen molar-refractivity contribution in [3.05, 3.63) is 65.2 Å². The molecule has 0 aliphatic heterocycles. The van der Waals surface area contributed by atoms with Crippen molar-refractivity contribution in [1.82, 2.24) is 0 Å². The summed E-state index contributed by atoms with van der Waals surface area (Å²) in [6.07, 6.45) is 0.155. The number of nitrogen functional groups attached to an aromatic ring is 1. The summed E-state index contributed by atoms with van der Waals surface area (Å²) in [6, 6.07) is 15.6. The van der Waals surface area contributed by atoms with Crippen LogP contribution in [0.25, 0.3) is 0 Å². The van der Waals surface area contributed by atoms with Crippen LogP contribution in [-0.4, -0.2) is 5.11 Å². The van der Waals surface area contributed by atoms with E-state index < -0.39 is 6.10 Å². The molecular formula is C15H17NO. The molecule has 0 saturated carbocycles. The van der Waals surface area contributed by atoms with Crippen molar-refractivity contribution in [2.75, 3.05) is 5.73 Å². The number of aryl methyl sites for hydroxylation is 1. The van der Waals surface area contributed by atoms with E-state index >= 15 is 0 Å². The van der Waals surface area contributed by atoms with Crippen LogP contribution in [0, 0.1) is 6.92 Å². The molecule has 2 aromatic rings. The molecule has 2 heteroatoms. The third-order valence-electron chi connectivity index (χ3n) is 2.87. The van der Waals surface area contributed by atoms with Gasteiger partial charge < -0.3 is 10.8 Å². The predicted molar refractivity (Wildman–Crippen MR) is 70.7 cm³/mol. The molecule has 0 aromatic heterocycles. The molecule has 17 heavy (non-hydrogen) atoms. The van der Waals surface area contributed by atoms with Crippen LogP contribution in [0.1, 0.15) is 22.8 Å². The van der Waals surface area contributed by atoms with Gasteiger partial charge in [0.15, 0.2) is 0 Å². The van der Waals surface area contributed by atoms with Gasteiger partial charge in [-0.15, -0.1) is 0 Å². The fraction of sp³-hybridized carbons (Fsp3) is 0.200. The minimum absolute atomic E-state index is 0.474. The number of aliphatic hydroxyl groups excluding tert-OH is 1. The Hall–Kier alpha value is -1.80. The molecule has 0 radical (unpaired) electrons. The van der Waals surface area contributed by atoms with Crippen molar-refractivity contribution in [3.63, 3.8) is 0 Å². The Balaban J connectivity index is 2.08. The molecule has 0 saturated heterocycles. The van der Waals surface area contributed by atoms with E-state index in [0.717, 1.165) is 16.8 Å². The van der Waals surface area contributed by atoms with Crippen LogP contribution in [0.3, 0.4) is 0 Å². The highest BCUT2D eigenvalue weighted by Crippen LogP contribution is 2.19. The van der Waals surface area contributed by atoms with Gasteiger partial charge in [0.05, 0.1) is 6.10 Å². The van der Waals surface area contributed by atoms with E-state index in [1.807, 2.05) is 24.3 Å². The molecule has 3 N–H and O–H groups in total. The zero-order chi connectivity index (χ0) is 12.3. The first-order valence-electron chi connectivity index (χ1n) is 5.74. The summed E-state index contributed by atoms with van der Waals surface area (Å²) in [5.41, 5.74) is 9.61. The number of benzene rings is 2. The van der Waals surface area contributed by atoms with Crippen molar-refractivity contribution < 1.29 is 5.11 Å². The summed E-state index contributed by atoms with van der Waals surface area (Å²) in [7, 11) is 0. The molecule has 0 bridgehead atoms. The van der Waals surface area contributed by atoms with Gasteiger partial charge in [0, 0.05) is 12.1 Å². The van der Waals surface area contributed by atoms with E-state index in [1.54, 1.807) is 0 Å². The molecule has 1 unspecified atom stereocenters. The van der Waals surface area contributed by atoms with E-state index in [9.17, 15) is 5.11 Å². The van der Waals surface area contributed by atoms with E-state index in [1.165, 1.54) is 5.56 Å². The number of hydrogen-bond donors (Lipinski definition) is 2. The van der Waals surface area contributed by atoms with Gasteiger partial charge in [0.1, 0.15) is 0 Å². The number of aliphatic hydroxyl groups is 1. The first-order valence-corrected chi connectivity index (χ1v) is 5.74. The lowest BCUT2D eigenvalue weighted by molar-refractivity contribution is 0.178. The molecule has 2 rings (SSSR count). The number of rotatable bonds is 3. The third kappa shape index (κ3) is 3.08. The number of nitrogens with two attached hydrogens (primary N) is 1. The monoisotopic (exact) mass is 227 g/mol. The highest BCUT2D eigenvalue weighted by Gasteiger charge is 2.07. The Morgan fingerprint density at radius 2 is 1.59 bits per heavy atom. The molecule has 0 aliphatic rings. The summed E-state index contributed by atoms with van der Waals surface area (Å²) in [4.78, 5) is 0. The first-order chi connectivity index (χ1) is 8.15. The molecule has 0 aliphatic carbocycles. The Bertz CT molecular complexity index is 473. The summed E-state index contributed by atoms with van der Waals surface area (Å²) in [5.74, 6) is 0. The lowest BCUT2D eigenvalue weighted by atomic mass is 10.0. The van der Waals surface area contributed by atoms with E-state index in [2.05, 4.69) is 31.2 Å². The zero-order valence-corrected chi connectivity index (χ0v) is 9.93. The van der Waals surface area contributed by atoms with Gasteiger partial charge in [-0.05, 0) is 30.2 Å². The van der Waals surface area contributed by atoms with E-state index in [0.29, 0.717) is 6.42 Å². The molecular weight excluding hydrogens is 210 g/mol. The van der Waals surface area contributed by atoms with Gasteiger partial charge in [-0.25, -0.2) is 0 Å². The maximum atomic E-state index is 10.1. The second kappa shape index (κ2) is 5.02. The second-order valence-corrected chi connectivity index (χ2v) is 4.37. The van der Waals surface area contributed by atoms with E-state index in [4.69, 9.17) is 5.73 Å². The maximum absolute atomic E-state index is 10.1. The summed E-state index contributed by atoms with van der Waals surface area (Å²) in [6.45, 7) is 2.06. The normalized spacial score (nSPS) is 12.4. The van der Waals surface area contributed by atoms with Crippen molar-refractivity contribution in [2.45, 2.75) is 19.4 Å². The van der Waals surface area contributed by atoms with E-state index in [-0.39, 0.29) is 0 Å². The molecule has 2 aromatic carbocycles. The Morgan fingerprint density at radius 3 is 2.18 bits per heavy atom. The SMILES string of the molecule is Cc1ccc(CC(O)c2ccc(N)cc2)cc1. The first kappa shape index (κ1) is 11.7. The van der Waals surface area contributed by atoms with Crippen LogP contribution in [0.2, 0.25) is 0 Å². The Kier molecular flexibility index (Phi) is 3.45. The topological polar surface area (TPSA) is 46.2 Å². The predicted octanol–water partition coefficient (Wildman–Crippen LogP) is 2.85. The fourth-order valence-electron chi connectivity index (χ4n) is 1.78. The van der Waals surface area contributed by atoms with Crippen LogP contribution in [0.4, 0.5) is 5.69 Å². The Labute approximate surface area is 102 Å². The molecule has 88 valence electrons. The van der Waals surface area contributed by atoms with Crippen molar-refractivity contribution >= 4 is 5.69 Å². The summed E-state index contributed by atoms with van der Waals surface area (Å²) in [5, 5.41) is 10.1. The van der Waals surface area contributed by atoms with Crippen LogP contribution in [0.5, 0.6) is 0 Å². The summed E-state index contributed by atoms with van der Waals surface area (Å²) < 4.78 is 0. The van der Waals surface area contributed by atoms with Crippen LogP contribution >= 0.6 is 0 Å². The molecule has 0 spiro atoms. The van der Waals surface area contributed by atoms with Crippen molar-refractivity contribution in [1.29, 1.82) is 0 Å². The van der Waals surface area contributed by atoms with Crippen molar-refractivity contribution in [3.8, 4) is 0 Å². The Morgan fingerprint density at radius 1 is 1.00 bits per heavy atom. The quantitative estimate of drug-likeness (QED) is 0.792. The average molecular weight is 227 g/mol. The number of hydrogen-bond acceptors (Lipinski definition) is 2. The zero-order valence-electron chi connectivity index (χ0n) is 9.93. The van der Waals surface area contributed by atoms with Gasteiger partial charge in [0.2, 0.25) is 0 Å². The van der Waals surface area contributed by atoms with Crippen LogP contribution in [0.15, 0.2) is 48.5 Å². The van der Waals surface area contributed by atoms with Crippen molar-refractivity contribution in [2.24, 2.45) is 0 Å². The number of anilines is 1. The molecule has 0 amide bonds. The summed E-state index contributed by atoms with van der Waals surface area (Å²) >= 11 is 0. The molecule has 1 atom stereocenters. The second-order valence-electron chi connectivity index (χ2n) is 4.37. The maximum Gasteiger partial charge on any atom is 0.0830 e. The third-order valence-corrected chi connectivity index (χ3v) is 2.87. The highest BCUT2D eigenvalue weighted by molar-refractivity contribution is 5.40. The smallest absolute Gasteiger partial charge is 0.0830 e. The fourth-order valence-corrected chi connectivity index (χ4v) is 1.78. The standard InChI is InChI=1S/C15H17NO/c1-11-2-4-12(5-3-11)10-15(17)13-6-8-14(16)9-7-13/h2-9,15,17H,10,16H2,1H3. The largest absolute Gasteiger partial charge is 0.399 e. The van der Waals surface area contributed by atoms with Crippen LogP contribution in [-0.2, 0) is 6.42 Å². The van der Waals surface area contributed by atoms with Gasteiger partial charge in [0.25, 0.3) is 0 Å². The van der Waals surface area contributed by atoms with Gasteiger partial charge in [-0.3, -0.25) is 0 Å². The van der Waals surface area contributed by atoms with Gasteiger partial charge in [-0.1, -0.05) is 42.0 Å². The minimum Gasteiger partial charge on any atom is -0.399 e. The van der Waals surface area contributed by atoms with Gasteiger partial charge >= 0.3 is 0 Å². The molecule has 2 nitrogen and oxygen atoms in total. The molecule has 0 fully saturated rings.